The molecule has 0 aromatic heterocycles. The molecule has 7 nitrogen and oxygen atoms in total. The molecule has 1 fully saturated rings. The molecule has 1 heterocycles. The number of hydrogen-bond acceptors (Lipinski definition) is 6. The highest BCUT2D eigenvalue weighted by molar-refractivity contribution is 7.80. The Hall–Kier alpha value is -3.62. The van der Waals surface area contributed by atoms with Crippen LogP contribution >= 0.6 is 23.8 Å². The predicted octanol–water partition coefficient (Wildman–Crippen LogP) is 5.44. The van der Waals surface area contributed by atoms with Gasteiger partial charge in [0.15, 0.2) is 5.11 Å². The van der Waals surface area contributed by atoms with Crippen LogP contribution in [-0.4, -0.2) is 48.8 Å². The second kappa shape index (κ2) is 11.0. The fourth-order valence-electron chi connectivity index (χ4n) is 3.97. The Morgan fingerprint density at radius 3 is 2.39 bits per heavy atom. The molecule has 0 N–H and O–H groups in total. The van der Waals surface area contributed by atoms with E-state index in [2.05, 4.69) is 0 Å². The summed E-state index contributed by atoms with van der Waals surface area (Å²) >= 11 is 11.7. The van der Waals surface area contributed by atoms with Crippen LogP contribution in [0.5, 0.6) is 11.5 Å². The summed E-state index contributed by atoms with van der Waals surface area (Å²) < 4.78 is 16.5. The number of thiocarbonyl (C=S) groups is 1. The number of amides is 1. The van der Waals surface area contributed by atoms with E-state index in [-0.39, 0.29) is 23.3 Å². The van der Waals surface area contributed by atoms with Gasteiger partial charge in [0.25, 0.3) is 5.91 Å². The second-order valence-electron chi connectivity index (χ2n) is 7.82. The maximum atomic E-state index is 13.7. The minimum absolute atomic E-state index is 0.159. The molecule has 36 heavy (non-hydrogen) atoms. The fraction of sp³-hybridized carbons (Fsp3) is 0.222. The standard InChI is InChI=1S/C27H25ClN2O5S/c1-4-34-20-12-6-17-7-13-24(35-5-2)22(21(17)14-20)15-23-26(32)30(19-10-8-18(28)9-11-19)27(36)29(23)16-25(31)33-3/h6-15H,4-5,16H2,1-3H3/b23-15-. The number of fused-ring (bicyclic) bond motifs is 1. The Labute approximate surface area is 219 Å². The van der Waals surface area contributed by atoms with Crippen molar-refractivity contribution >= 4 is 63.3 Å². The summed E-state index contributed by atoms with van der Waals surface area (Å²) in [4.78, 5) is 28.8. The molecule has 9 heteroatoms. The quantitative estimate of drug-likeness (QED) is 0.221. The predicted molar refractivity (Wildman–Crippen MR) is 145 cm³/mol. The highest BCUT2D eigenvalue weighted by Gasteiger charge is 2.40. The van der Waals surface area contributed by atoms with Crippen molar-refractivity contribution in [3.8, 4) is 11.5 Å². The van der Waals surface area contributed by atoms with Gasteiger partial charge in [0.2, 0.25) is 0 Å². The molecule has 0 radical (unpaired) electrons. The van der Waals surface area contributed by atoms with Crippen LogP contribution in [0.4, 0.5) is 5.69 Å². The third-order valence-corrected chi connectivity index (χ3v) is 6.28. The first-order valence-corrected chi connectivity index (χ1v) is 12.2. The molecule has 1 amide bonds. The minimum Gasteiger partial charge on any atom is -0.494 e. The zero-order chi connectivity index (χ0) is 25.8. The Kier molecular flexibility index (Phi) is 7.76. The molecule has 1 aliphatic heterocycles. The molecule has 0 unspecified atom stereocenters. The van der Waals surface area contributed by atoms with Gasteiger partial charge >= 0.3 is 5.97 Å². The van der Waals surface area contributed by atoms with Crippen LogP contribution in [0.25, 0.3) is 16.8 Å². The Morgan fingerprint density at radius 1 is 1.03 bits per heavy atom. The summed E-state index contributed by atoms with van der Waals surface area (Å²) in [6.07, 6.45) is 1.70. The van der Waals surface area contributed by atoms with Crippen LogP contribution in [0.1, 0.15) is 19.4 Å². The first-order valence-electron chi connectivity index (χ1n) is 11.4. The van der Waals surface area contributed by atoms with Crippen LogP contribution in [-0.2, 0) is 14.3 Å². The first-order chi connectivity index (χ1) is 17.4. The van der Waals surface area contributed by atoms with Gasteiger partial charge in [-0.15, -0.1) is 0 Å². The third-order valence-electron chi connectivity index (χ3n) is 5.62. The summed E-state index contributed by atoms with van der Waals surface area (Å²) in [5.74, 6) is 0.371. The van der Waals surface area contributed by atoms with Crippen LogP contribution in [0.15, 0.2) is 60.3 Å². The van der Waals surface area contributed by atoms with Crippen molar-refractivity contribution in [3.63, 3.8) is 0 Å². The Balaban J connectivity index is 1.91. The van der Waals surface area contributed by atoms with E-state index in [0.29, 0.717) is 41.0 Å². The van der Waals surface area contributed by atoms with Gasteiger partial charge < -0.3 is 19.1 Å². The number of halogens is 1. The van der Waals surface area contributed by atoms with Gasteiger partial charge in [-0.1, -0.05) is 23.7 Å². The zero-order valence-electron chi connectivity index (χ0n) is 20.1. The van der Waals surface area contributed by atoms with Crippen molar-refractivity contribution in [1.29, 1.82) is 0 Å². The second-order valence-corrected chi connectivity index (χ2v) is 8.62. The lowest BCUT2D eigenvalue weighted by atomic mass is 10.0. The maximum absolute atomic E-state index is 13.7. The van der Waals surface area contributed by atoms with Crippen LogP contribution in [0, 0.1) is 0 Å². The van der Waals surface area contributed by atoms with Gasteiger partial charge in [0.1, 0.15) is 23.7 Å². The highest BCUT2D eigenvalue weighted by atomic mass is 35.5. The van der Waals surface area contributed by atoms with Gasteiger partial charge in [-0.2, -0.15) is 0 Å². The van der Waals surface area contributed by atoms with E-state index in [1.54, 1.807) is 30.3 Å². The number of anilines is 1. The van der Waals surface area contributed by atoms with Crippen molar-refractivity contribution in [1.82, 2.24) is 4.90 Å². The van der Waals surface area contributed by atoms with E-state index in [1.165, 1.54) is 16.9 Å². The third kappa shape index (κ3) is 5.01. The van der Waals surface area contributed by atoms with Crippen LogP contribution in [0.3, 0.4) is 0 Å². The van der Waals surface area contributed by atoms with Crippen molar-refractivity contribution < 1.29 is 23.8 Å². The largest absolute Gasteiger partial charge is 0.494 e. The molecule has 3 aromatic rings. The lowest BCUT2D eigenvalue weighted by Crippen LogP contribution is -2.35. The number of hydrogen-bond donors (Lipinski definition) is 0. The van der Waals surface area contributed by atoms with Crippen molar-refractivity contribution in [3.05, 3.63) is 70.9 Å². The van der Waals surface area contributed by atoms with Crippen LogP contribution in [0.2, 0.25) is 5.02 Å². The summed E-state index contributed by atoms with van der Waals surface area (Å²) in [5, 5.41) is 2.46. The van der Waals surface area contributed by atoms with E-state index in [1.807, 2.05) is 44.2 Å². The molecule has 1 aliphatic rings. The van der Waals surface area contributed by atoms with Gasteiger partial charge in [-0.3, -0.25) is 14.5 Å². The van der Waals surface area contributed by atoms with E-state index in [0.717, 1.165) is 10.8 Å². The fourth-order valence-corrected chi connectivity index (χ4v) is 4.45. The molecule has 1 saturated heterocycles. The SMILES string of the molecule is CCOc1ccc2ccc(OCC)c(/C=C3/C(=O)N(c4ccc(Cl)cc4)C(=S)N3CC(=O)OC)c2c1. The van der Waals surface area contributed by atoms with Crippen molar-refractivity contribution in [2.75, 3.05) is 31.8 Å². The summed E-state index contributed by atoms with van der Waals surface area (Å²) in [7, 11) is 1.29. The molecule has 3 aromatic carbocycles. The van der Waals surface area contributed by atoms with E-state index in [4.69, 9.17) is 38.0 Å². The Morgan fingerprint density at radius 2 is 1.72 bits per heavy atom. The number of carbonyl (C=O) groups is 2. The van der Waals surface area contributed by atoms with Crippen LogP contribution < -0.4 is 14.4 Å². The average molecular weight is 525 g/mol. The number of nitrogens with zero attached hydrogens (tertiary/aromatic N) is 2. The zero-order valence-corrected chi connectivity index (χ0v) is 21.7. The van der Waals surface area contributed by atoms with Gasteiger partial charge in [0.05, 0.1) is 26.0 Å². The van der Waals surface area contributed by atoms with E-state index in [9.17, 15) is 9.59 Å². The molecule has 0 bridgehead atoms. The number of benzene rings is 3. The smallest absolute Gasteiger partial charge is 0.325 e. The monoisotopic (exact) mass is 524 g/mol. The number of ether oxygens (including phenoxy) is 3. The topological polar surface area (TPSA) is 68.3 Å². The lowest BCUT2D eigenvalue weighted by Gasteiger charge is -2.19. The molecule has 0 aliphatic carbocycles. The number of methoxy groups -OCH3 is 1. The minimum atomic E-state index is -0.532. The Bertz CT molecular complexity index is 1350. The normalized spacial score (nSPS) is 14.6. The summed E-state index contributed by atoms with van der Waals surface area (Å²) in [5.41, 5.74) is 1.43. The highest BCUT2D eigenvalue weighted by Crippen LogP contribution is 2.36. The van der Waals surface area contributed by atoms with Crippen molar-refractivity contribution in [2.24, 2.45) is 0 Å². The molecule has 0 atom stereocenters. The van der Waals surface area contributed by atoms with Gasteiger partial charge in [-0.05, 0) is 85.4 Å². The molecule has 0 saturated carbocycles. The average Bonchev–Trinajstić information content (AvgIpc) is 3.10. The maximum Gasteiger partial charge on any atom is 0.325 e. The molecule has 0 spiro atoms. The number of rotatable bonds is 8. The summed E-state index contributed by atoms with van der Waals surface area (Å²) in [6, 6.07) is 16.3. The molecule has 4 rings (SSSR count). The van der Waals surface area contributed by atoms with Gasteiger partial charge in [-0.25, -0.2) is 0 Å². The summed E-state index contributed by atoms with van der Waals surface area (Å²) in [6.45, 7) is 4.53. The van der Waals surface area contributed by atoms with E-state index >= 15 is 0 Å². The van der Waals surface area contributed by atoms with Gasteiger partial charge in [0, 0.05) is 10.6 Å². The molecular weight excluding hydrogens is 500 g/mol. The first kappa shape index (κ1) is 25.5. The molecular formula is C27H25ClN2O5S. The molecule has 186 valence electrons. The number of carbonyl (C=O) groups excluding carboxylic acids is 2. The lowest BCUT2D eigenvalue weighted by molar-refractivity contribution is -0.140. The van der Waals surface area contributed by atoms with E-state index < -0.39 is 5.97 Å². The van der Waals surface area contributed by atoms with Crippen molar-refractivity contribution in [2.45, 2.75) is 13.8 Å². The number of esters is 1.